The van der Waals surface area contributed by atoms with E-state index in [0.29, 0.717) is 52.5 Å². The molecule has 6 nitrogen and oxygen atoms in total. The molecule has 1 aliphatic rings. The van der Waals surface area contributed by atoms with Gasteiger partial charge in [-0.05, 0) is 42.5 Å². The van der Waals surface area contributed by atoms with Gasteiger partial charge in [0.1, 0.15) is 0 Å². The van der Waals surface area contributed by atoms with Crippen LogP contribution in [0.2, 0.25) is 10.0 Å². The molecule has 0 atom stereocenters. The molecule has 2 heterocycles. The summed E-state index contributed by atoms with van der Waals surface area (Å²) in [5.74, 6) is 1.00. The van der Waals surface area contributed by atoms with Crippen molar-refractivity contribution in [2.45, 2.75) is 6.54 Å². The first-order chi connectivity index (χ1) is 14.0. The third-order valence-corrected chi connectivity index (χ3v) is 5.82. The van der Waals surface area contributed by atoms with Gasteiger partial charge >= 0.3 is 0 Å². The van der Waals surface area contributed by atoms with Gasteiger partial charge in [-0.15, -0.1) is 0 Å². The van der Waals surface area contributed by atoms with Gasteiger partial charge in [-0.2, -0.15) is 4.98 Å². The van der Waals surface area contributed by atoms with E-state index in [0.717, 1.165) is 17.6 Å². The number of halogens is 3. The Kier molecular flexibility index (Phi) is 6.20. The fourth-order valence-electron chi connectivity index (χ4n) is 3.17. The van der Waals surface area contributed by atoms with E-state index in [1.54, 1.807) is 18.2 Å². The maximum Gasteiger partial charge on any atom is 0.259 e. The van der Waals surface area contributed by atoms with Gasteiger partial charge in [-0.3, -0.25) is 9.69 Å². The minimum atomic E-state index is 0.0522. The van der Waals surface area contributed by atoms with E-state index in [1.807, 2.05) is 29.2 Å². The van der Waals surface area contributed by atoms with E-state index in [1.165, 1.54) is 0 Å². The van der Waals surface area contributed by atoms with Crippen LogP contribution in [0.1, 0.15) is 16.2 Å². The van der Waals surface area contributed by atoms with Crippen LogP contribution in [0.4, 0.5) is 0 Å². The van der Waals surface area contributed by atoms with Crippen molar-refractivity contribution in [2.24, 2.45) is 0 Å². The van der Waals surface area contributed by atoms with Gasteiger partial charge in [-0.1, -0.05) is 44.3 Å². The number of amides is 1. The van der Waals surface area contributed by atoms with Crippen LogP contribution in [0.3, 0.4) is 0 Å². The van der Waals surface area contributed by atoms with Crippen molar-refractivity contribution in [2.75, 3.05) is 26.2 Å². The molecule has 1 amide bonds. The summed E-state index contributed by atoms with van der Waals surface area (Å²) in [6.07, 6.45) is 0. The number of carbonyl (C=O) groups excluding carboxylic acids is 1. The summed E-state index contributed by atoms with van der Waals surface area (Å²) >= 11 is 15.5. The van der Waals surface area contributed by atoms with Crippen LogP contribution in [0.25, 0.3) is 11.5 Å². The van der Waals surface area contributed by atoms with Gasteiger partial charge in [-0.25, -0.2) is 0 Å². The standard InChI is InChI=1S/C20H17BrCl2N4O2/c21-14-3-1-13(2-4-14)20(28)27-9-7-26(8-10-27)12-18-24-19(29-25-18)16-6-5-15(22)11-17(16)23/h1-6,11H,7-10,12H2. The maximum atomic E-state index is 12.6. The highest BCUT2D eigenvalue weighted by atomic mass is 79.9. The second kappa shape index (κ2) is 8.83. The molecule has 0 aliphatic carbocycles. The minimum absolute atomic E-state index is 0.0522. The van der Waals surface area contributed by atoms with Gasteiger partial charge in [0.05, 0.1) is 17.1 Å². The first-order valence-corrected chi connectivity index (χ1v) is 10.6. The lowest BCUT2D eigenvalue weighted by atomic mass is 10.2. The topological polar surface area (TPSA) is 62.5 Å². The van der Waals surface area contributed by atoms with Crippen LogP contribution in [0.15, 0.2) is 51.5 Å². The van der Waals surface area contributed by atoms with E-state index in [-0.39, 0.29) is 5.91 Å². The predicted molar refractivity (Wildman–Crippen MR) is 115 cm³/mol. The monoisotopic (exact) mass is 494 g/mol. The number of hydrogen-bond acceptors (Lipinski definition) is 5. The van der Waals surface area contributed by atoms with Crippen molar-refractivity contribution in [1.29, 1.82) is 0 Å². The molecule has 1 aliphatic heterocycles. The molecule has 4 rings (SSSR count). The van der Waals surface area contributed by atoms with Gasteiger partial charge in [0.25, 0.3) is 11.8 Å². The van der Waals surface area contributed by atoms with Gasteiger partial charge in [0.15, 0.2) is 5.82 Å². The highest BCUT2D eigenvalue weighted by Crippen LogP contribution is 2.29. The summed E-state index contributed by atoms with van der Waals surface area (Å²) in [6, 6.07) is 12.6. The summed E-state index contributed by atoms with van der Waals surface area (Å²) in [5, 5.41) is 5.07. The Labute approximate surface area is 186 Å². The van der Waals surface area contributed by atoms with Crippen LogP contribution >= 0.6 is 39.1 Å². The van der Waals surface area contributed by atoms with E-state index < -0.39 is 0 Å². The first kappa shape index (κ1) is 20.3. The van der Waals surface area contributed by atoms with E-state index in [9.17, 15) is 4.79 Å². The zero-order valence-electron chi connectivity index (χ0n) is 15.3. The zero-order chi connectivity index (χ0) is 20.4. The lowest BCUT2D eigenvalue weighted by Crippen LogP contribution is -2.48. The number of piperazine rings is 1. The summed E-state index contributed by atoms with van der Waals surface area (Å²) in [4.78, 5) is 21.1. The van der Waals surface area contributed by atoms with E-state index >= 15 is 0 Å². The Bertz CT molecular complexity index is 1020. The van der Waals surface area contributed by atoms with E-state index in [2.05, 4.69) is 31.0 Å². The van der Waals surface area contributed by atoms with Crippen molar-refractivity contribution in [3.8, 4) is 11.5 Å². The number of carbonyl (C=O) groups is 1. The molecular weight excluding hydrogens is 479 g/mol. The largest absolute Gasteiger partial charge is 0.336 e. The lowest BCUT2D eigenvalue weighted by Gasteiger charge is -2.34. The molecule has 0 bridgehead atoms. The smallest absolute Gasteiger partial charge is 0.259 e. The number of benzene rings is 2. The van der Waals surface area contributed by atoms with E-state index in [4.69, 9.17) is 27.7 Å². The second-order valence-electron chi connectivity index (χ2n) is 6.72. The lowest BCUT2D eigenvalue weighted by molar-refractivity contribution is 0.0624. The molecule has 1 fully saturated rings. The fourth-order valence-corrected chi connectivity index (χ4v) is 3.93. The molecule has 150 valence electrons. The molecule has 9 heteroatoms. The van der Waals surface area contributed by atoms with Crippen molar-refractivity contribution in [3.63, 3.8) is 0 Å². The molecule has 2 aromatic carbocycles. The van der Waals surface area contributed by atoms with Gasteiger partial charge < -0.3 is 9.42 Å². The third-order valence-electron chi connectivity index (χ3n) is 4.75. The Morgan fingerprint density at radius 2 is 1.79 bits per heavy atom. The quantitative estimate of drug-likeness (QED) is 0.522. The molecule has 29 heavy (non-hydrogen) atoms. The average molecular weight is 496 g/mol. The Balaban J connectivity index is 1.35. The predicted octanol–water partition coefficient (Wildman–Crippen LogP) is 4.76. The van der Waals surface area contributed by atoms with Crippen LogP contribution in [0.5, 0.6) is 0 Å². The van der Waals surface area contributed by atoms with Crippen molar-refractivity contribution in [3.05, 3.63) is 68.4 Å². The molecular formula is C20H17BrCl2N4O2. The number of aromatic nitrogens is 2. The molecule has 0 radical (unpaired) electrons. The number of rotatable bonds is 4. The van der Waals surface area contributed by atoms with Crippen LogP contribution in [0, 0.1) is 0 Å². The summed E-state index contributed by atoms with van der Waals surface area (Å²) < 4.78 is 6.31. The van der Waals surface area contributed by atoms with Gasteiger partial charge in [0, 0.05) is 41.2 Å². The van der Waals surface area contributed by atoms with Crippen LogP contribution in [-0.2, 0) is 6.54 Å². The summed E-state index contributed by atoms with van der Waals surface area (Å²) in [7, 11) is 0. The highest BCUT2D eigenvalue weighted by Gasteiger charge is 2.23. The fraction of sp³-hybridized carbons (Fsp3) is 0.250. The van der Waals surface area contributed by atoms with Crippen LogP contribution < -0.4 is 0 Å². The van der Waals surface area contributed by atoms with Crippen molar-refractivity contribution in [1.82, 2.24) is 19.9 Å². The average Bonchev–Trinajstić information content (AvgIpc) is 3.17. The first-order valence-electron chi connectivity index (χ1n) is 9.05. The Hall–Kier alpha value is -1.93. The van der Waals surface area contributed by atoms with Crippen molar-refractivity contribution < 1.29 is 9.32 Å². The molecule has 1 saturated heterocycles. The maximum absolute atomic E-state index is 12.6. The molecule has 3 aromatic rings. The normalized spacial score (nSPS) is 14.9. The zero-order valence-corrected chi connectivity index (χ0v) is 18.4. The Morgan fingerprint density at radius 1 is 1.07 bits per heavy atom. The number of nitrogens with zero attached hydrogens (tertiary/aromatic N) is 4. The highest BCUT2D eigenvalue weighted by molar-refractivity contribution is 9.10. The van der Waals surface area contributed by atoms with Crippen LogP contribution in [-0.4, -0.2) is 52.0 Å². The molecule has 0 spiro atoms. The molecule has 0 unspecified atom stereocenters. The molecule has 1 aromatic heterocycles. The Morgan fingerprint density at radius 3 is 2.48 bits per heavy atom. The summed E-state index contributed by atoms with van der Waals surface area (Å²) in [5.41, 5.74) is 1.35. The minimum Gasteiger partial charge on any atom is -0.336 e. The van der Waals surface area contributed by atoms with Crippen molar-refractivity contribution >= 4 is 45.0 Å². The number of hydrogen-bond donors (Lipinski definition) is 0. The summed E-state index contributed by atoms with van der Waals surface area (Å²) in [6.45, 7) is 3.35. The SMILES string of the molecule is O=C(c1ccc(Br)cc1)N1CCN(Cc2noc(-c3ccc(Cl)cc3Cl)n2)CC1. The van der Waals surface area contributed by atoms with Gasteiger partial charge in [0.2, 0.25) is 0 Å². The second-order valence-corrected chi connectivity index (χ2v) is 8.47. The third kappa shape index (κ3) is 4.80. The molecule has 0 N–H and O–H groups in total. The molecule has 0 saturated carbocycles.